The van der Waals surface area contributed by atoms with E-state index in [1.165, 1.54) is 25.4 Å². The van der Waals surface area contributed by atoms with Gasteiger partial charge in [-0.3, -0.25) is 9.52 Å². The van der Waals surface area contributed by atoms with E-state index in [4.69, 9.17) is 26.2 Å². The van der Waals surface area contributed by atoms with Gasteiger partial charge in [0.2, 0.25) is 5.95 Å². The second-order valence-electron chi connectivity index (χ2n) is 8.39. The third kappa shape index (κ3) is 6.36. The minimum Gasteiger partial charge on any atom is -0.487 e. The molecule has 10 nitrogen and oxygen atoms in total. The van der Waals surface area contributed by atoms with Gasteiger partial charge in [-0.1, -0.05) is 23.4 Å². The number of carbonyl (C=O) groups excluding carboxylic acids is 1. The van der Waals surface area contributed by atoms with Crippen LogP contribution < -0.4 is 14.8 Å². The van der Waals surface area contributed by atoms with E-state index in [0.29, 0.717) is 0 Å². The monoisotopic (exact) mass is 578 g/mol. The van der Waals surface area contributed by atoms with Crippen molar-refractivity contribution >= 4 is 39.2 Å². The van der Waals surface area contributed by atoms with E-state index in [-0.39, 0.29) is 47.1 Å². The third-order valence-corrected chi connectivity index (χ3v) is 6.93. The average molecular weight is 579 g/mol. The molecule has 204 valence electrons. The molecule has 14 heteroatoms. The number of hydrogen-bond acceptors (Lipinski definition) is 9. The number of aliphatic hydroxyl groups excluding tert-OH is 1. The van der Waals surface area contributed by atoms with Gasteiger partial charge in [0, 0.05) is 35.9 Å². The van der Waals surface area contributed by atoms with Crippen LogP contribution >= 0.6 is 11.6 Å². The molecule has 0 fully saturated rings. The Labute approximate surface area is 227 Å². The van der Waals surface area contributed by atoms with Crippen molar-refractivity contribution in [3.63, 3.8) is 0 Å². The van der Waals surface area contributed by atoms with E-state index >= 15 is 4.39 Å². The number of nitrogens with zero attached hydrogens (tertiary/aromatic N) is 2. The van der Waals surface area contributed by atoms with E-state index in [9.17, 15) is 17.6 Å². The smallest absolute Gasteiger partial charge is 0.303 e. The number of esters is 1. The number of fused-ring (bicyclic) bond motifs is 1. The van der Waals surface area contributed by atoms with E-state index in [2.05, 4.69) is 31.8 Å². The standard InChI is InChI=1S/C25H21ClF2N4O6S/c1-13(11-33)31-25-29-9-15(10-30-25)3-4-17-19(27)5-6-20(23(17)28)32-39(35,36)22-8-16(26)7-18-21(38-14(2)34)12-37-24(18)22/h5-10,13,21,32-33H,11-12H2,1-2H3,(H,29,30,31). The summed E-state index contributed by atoms with van der Waals surface area (Å²) in [5, 5.41) is 11.9. The number of halogens is 3. The van der Waals surface area contributed by atoms with Crippen LogP contribution in [0.3, 0.4) is 0 Å². The van der Waals surface area contributed by atoms with Gasteiger partial charge in [-0.2, -0.15) is 0 Å². The maximum atomic E-state index is 15.2. The fraction of sp³-hybridized carbons (Fsp3) is 0.240. The molecule has 39 heavy (non-hydrogen) atoms. The van der Waals surface area contributed by atoms with Crippen molar-refractivity contribution in [3.05, 3.63) is 70.0 Å². The summed E-state index contributed by atoms with van der Waals surface area (Å²) >= 11 is 6.10. The van der Waals surface area contributed by atoms with Crippen molar-refractivity contribution in [2.45, 2.75) is 30.9 Å². The number of aliphatic hydroxyl groups is 1. The summed E-state index contributed by atoms with van der Waals surface area (Å²) in [5.74, 6) is 2.13. The van der Waals surface area contributed by atoms with Crippen molar-refractivity contribution in [1.82, 2.24) is 9.97 Å². The number of aromatic nitrogens is 2. The zero-order valence-electron chi connectivity index (χ0n) is 20.5. The van der Waals surface area contributed by atoms with Gasteiger partial charge in [-0.15, -0.1) is 0 Å². The molecule has 3 N–H and O–H groups in total. The normalized spacial score (nSPS) is 14.9. The Kier molecular flexibility index (Phi) is 8.19. The number of benzene rings is 2. The summed E-state index contributed by atoms with van der Waals surface area (Å²) in [5.41, 5.74) is -0.791. The molecule has 0 saturated carbocycles. The zero-order chi connectivity index (χ0) is 28.3. The van der Waals surface area contributed by atoms with Gasteiger partial charge in [-0.25, -0.2) is 27.2 Å². The van der Waals surface area contributed by atoms with Crippen LogP contribution in [0.15, 0.2) is 41.6 Å². The molecule has 1 aliphatic rings. The first-order valence-corrected chi connectivity index (χ1v) is 13.2. The molecule has 4 rings (SSSR count). The lowest BCUT2D eigenvalue weighted by Gasteiger charge is -2.14. The van der Waals surface area contributed by atoms with Crippen molar-refractivity contribution in [1.29, 1.82) is 0 Å². The van der Waals surface area contributed by atoms with Gasteiger partial charge in [-0.05, 0) is 31.2 Å². The first-order valence-electron chi connectivity index (χ1n) is 11.3. The molecular weight excluding hydrogens is 558 g/mol. The number of carbonyl (C=O) groups is 1. The topological polar surface area (TPSA) is 140 Å². The highest BCUT2D eigenvalue weighted by molar-refractivity contribution is 7.92. The Morgan fingerprint density at radius 3 is 2.67 bits per heavy atom. The molecule has 0 spiro atoms. The minimum atomic E-state index is -4.50. The molecule has 2 atom stereocenters. The Morgan fingerprint density at radius 2 is 2.00 bits per heavy atom. The lowest BCUT2D eigenvalue weighted by Crippen LogP contribution is -2.20. The van der Waals surface area contributed by atoms with Crippen LogP contribution in [0.5, 0.6) is 5.75 Å². The largest absolute Gasteiger partial charge is 0.487 e. The molecule has 2 heterocycles. The summed E-state index contributed by atoms with van der Waals surface area (Å²) in [6.07, 6.45) is 1.76. The number of nitrogens with one attached hydrogen (secondary N) is 2. The highest BCUT2D eigenvalue weighted by Gasteiger charge is 2.34. The van der Waals surface area contributed by atoms with E-state index in [1.54, 1.807) is 6.92 Å². The number of rotatable bonds is 7. The van der Waals surface area contributed by atoms with E-state index < -0.39 is 49.9 Å². The third-order valence-electron chi connectivity index (χ3n) is 5.34. The summed E-state index contributed by atoms with van der Waals surface area (Å²) in [6.45, 7) is 2.64. The first kappa shape index (κ1) is 28.0. The van der Waals surface area contributed by atoms with Crippen molar-refractivity contribution in [2.24, 2.45) is 0 Å². The number of anilines is 2. The summed E-state index contributed by atoms with van der Waals surface area (Å²) in [6, 6.07) is 3.99. The SMILES string of the molecule is CC(=O)OC1COc2c1cc(Cl)cc2S(=O)(=O)Nc1ccc(F)c(C#Cc2cnc(NC(C)CO)nc2)c1F. The molecule has 0 amide bonds. The zero-order valence-corrected chi connectivity index (χ0v) is 22.0. The van der Waals surface area contributed by atoms with Crippen LogP contribution in [0.1, 0.15) is 36.6 Å². The summed E-state index contributed by atoms with van der Waals surface area (Å²) in [7, 11) is -4.50. The van der Waals surface area contributed by atoms with Crippen molar-refractivity contribution in [2.75, 3.05) is 23.3 Å². The van der Waals surface area contributed by atoms with Gasteiger partial charge in [0.25, 0.3) is 10.0 Å². The number of ether oxygens (including phenoxy) is 2. The molecule has 2 aromatic carbocycles. The Morgan fingerprint density at radius 1 is 1.28 bits per heavy atom. The van der Waals surface area contributed by atoms with E-state index in [1.807, 2.05) is 0 Å². The molecule has 1 aromatic heterocycles. The van der Waals surface area contributed by atoms with Crippen LogP contribution in [0.2, 0.25) is 5.02 Å². The Bertz CT molecular complexity index is 1590. The highest BCUT2D eigenvalue weighted by atomic mass is 35.5. The Balaban J connectivity index is 1.62. The average Bonchev–Trinajstić information content (AvgIpc) is 3.27. The number of sulfonamides is 1. The molecule has 0 aliphatic carbocycles. The van der Waals surface area contributed by atoms with Crippen molar-refractivity contribution < 1.29 is 36.6 Å². The van der Waals surface area contributed by atoms with Crippen LogP contribution in [0.4, 0.5) is 20.4 Å². The quantitative estimate of drug-likeness (QED) is 0.284. The fourth-order valence-electron chi connectivity index (χ4n) is 3.54. The second-order valence-corrected chi connectivity index (χ2v) is 10.5. The highest BCUT2D eigenvalue weighted by Crippen LogP contribution is 2.42. The van der Waals surface area contributed by atoms with Gasteiger partial charge >= 0.3 is 5.97 Å². The maximum absolute atomic E-state index is 15.2. The molecule has 3 aromatic rings. The maximum Gasteiger partial charge on any atom is 0.303 e. The van der Waals surface area contributed by atoms with Gasteiger partial charge in [0.05, 0.1) is 23.4 Å². The van der Waals surface area contributed by atoms with Crippen LogP contribution in [-0.4, -0.2) is 48.7 Å². The second kappa shape index (κ2) is 11.4. The molecular formula is C25H21ClF2N4O6S. The Hall–Kier alpha value is -3.99. The van der Waals surface area contributed by atoms with Crippen LogP contribution in [0.25, 0.3) is 0 Å². The predicted molar refractivity (Wildman–Crippen MR) is 137 cm³/mol. The van der Waals surface area contributed by atoms with Gasteiger partial charge in [0.1, 0.15) is 23.1 Å². The van der Waals surface area contributed by atoms with E-state index in [0.717, 1.165) is 18.2 Å². The molecule has 0 bridgehead atoms. The van der Waals surface area contributed by atoms with Crippen molar-refractivity contribution in [3.8, 4) is 17.6 Å². The molecule has 2 unspecified atom stereocenters. The fourth-order valence-corrected chi connectivity index (χ4v) is 5.09. The molecule has 0 radical (unpaired) electrons. The lowest BCUT2D eigenvalue weighted by molar-refractivity contribution is -0.147. The summed E-state index contributed by atoms with van der Waals surface area (Å²) < 4.78 is 68.8. The first-order chi connectivity index (χ1) is 18.5. The minimum absolute atomic E-state index is 0.0113. The summed E-state index contributed by atoms with van der Waals surface area (Å²) in [4.78, 5) is 19.0. The molecule has 1 aliphatic heterocycles. The van der Waals surface area contributed by atoms with Gasteiger partial charge in [0.15, 0.2) is 11.9 Å². The van der Waals surface area contributed by atoms with Crippen LogP contribution in [0, 0.1) is 23.5 Å². The predicted octanol–water partition coefficient (Wildman–Crippen LogP) is 3.40. The lowest BCUT2D eigenvalue weighted by atomic mass is 10.1. The van der Waals surface area contributed by atoms with Gasteiger partial charge < -0.3 is 19.9 Å². The number of hydrogen-bond donors (Lipinski definition) is 3. The molecule has 0 saturated heterocycles. The van der Waals surface area contributed by atoms with Crippen LogP contribution in [-0.2, 0) is 19.6 Å².